The Bertz CT molecular complexity index is 1200. The number of aliphatic hydroxyl groups excluding tert-OH is 1. The average Bonchev–Trinajstić information content (AvgIpc) is 2.87. The normalized spacial score (nSPS) is 15.5. The maximum atomic E-state index is 11.0. The quantitative estimate of drug-likeness (QED) is 0.297. The molecule has 0 aliphatic carbocycles. The third-order valence-corrected chi connectivity index (χ3v) is 5.78. The maximum Gasteiger partial charge on any atom is 0.335 e. The van der Waals surface area contributed by atoms with Gasteiger partial charge < -0.3 is 25.0 Å². The van der Waals surface area contributed by atoms with Crippen molar-refractivity contribution >= 4 is 11.7 Å². The van der Waals surface area contributed by atoms with E-state index in [1.54, 1.807) is 30.3 Å². The Morgan fingerprint density at radius 2 is 1.91 bits per heavy atom. The lowest BCUT2D eigenvalue weighted by molar-refractivity contribution is -0.384. The fourth-order valence-corrected chi connectivity index (χ4v) is 3.92. The number of carboxylic acid groups (broad SMARTS) is 1. The van der Waals surface area contributed by atoms with Crippen molar-refractivity contribution in [1.82, 2.24) is 5.32 Å². The molecule has 0 bridgehead atoms. The summed E-state index contributed by atoms with van der Waals surface area (Å²) in [6.45, 7) is 0.872. The predicted octanol–water partition coefficient (Wildman–Crippen LogP) is 3.68. The van der Waals surface area contributed by atoms with Gasteiger partial charge in [-0.1, -0.05) is 24.3 Å². The van der Waals surface area contributed by atoms with E-state index in [1.807, 2.05) is 12.1 Å². The molecule has 0 fully saturated rings. The first-order chi connectivity index (χ1) is 16.9. The maximum absolute atomic E-state index is 11.0. The number of benzene rings is 3. The molecule has 0 saturated carbocycles. The highest BCUT2D eigenvalue weighted by Crippen LogP contribution is 2.32. The number of nitrogens with zero attached hydrogens (tertiary/aromatic N) is 1. The topological polar surface area (TPSA) is 131 Å². The van der Waals surface area contributed by atoms with Gasteiger partial charge >= 0.3 is 5.97 Å². The molecule has 1 aliphatic rings. The molecule has 0 amide bonds. The lowest BCUT2D eigenvalue weighted by Gasteiger charge is -2.27. The number of aryl methyl sites for hydroxylation is 1. The second-order valence-corrected chi connectivity index (χ2v) is 8.36. The van der Waals surface area contributed by atoms with Crippen molar-refractivity contribution in [3.63, 3.8) is 0 Å². The molecule has 1 aliphatic heterocycles. The number of fused-ring (bicyclic) bond motifs is 1. The molecule has 1 heterocycles. The van der Waals surface area contributed by atoms with Crippen LogP contribution in [0, 0.1) is 10.1 Å². The van der Waals surface area contributed by atoms with Crippen LogP contribution in [0.3, 0.4) is 0 Å². The van der Waals surface area contributed by atoms with Gasteiger partial charge in [0.1, 0.15) is 30.3 Å². The highest BCUT2D eigenvalue weighted by Gasteiger charge is 2.20. The van der Waals surface area contributed by atoms with E-state index in [1.165, 1.54) is 18.2 Å². The average molecular weight is 479 g/mol. The second kappa shape index (κ2) is 11.0. The number of carbonyl (C=O) groups is 1. The number of ether oxygens (including phenoxy) is 2. The van der Waals surface area contributed by atoms with E-state index >= 15 is 0 Å². The summed E-state index contributed by atoms with van der Waals surface area (Å²) in [6, 6.07) is 18.6. The minimum Gasteiger partial charge on any atom is -0.491 e. The predicted molar refractivity (Wildman–Crippen MR) is 129 cm³/mol. The van der Waals surface area contributed by atoms with E-state index in [-0.39, 0.29) is 24.0 Å². The van der Waals surface area contributed by atoms with Crippen LogP contribution in [0.15, 0.2) is 66.7 Å². The van der Waals surface area contributed by atoms with Gasteiger partial charge in [0.25, 0.3) is 5.69 Å². The Hall–Kier alpha value is -3.95. The number of nitrogens with one attached hydrogen (secondary N) is 1. The highest BCUT2D eigenvalue weighted by molar-refractivity contribution is 5.88. The first kappa shape index (κ1) is 24.2. The van der Waals surface area contributed by atoms with Crippen LogP contribution >= 0.6 is 0 Å². The fourth-order valence-electron chi connectivity index (χ4n) is 3.92. The number of rotatable bonds is 10. The van der Waals surface area contributed by atoms with Crippen LogP contribution in [-0.4, -0.2) is 53.0 Å². The Labute approximate surface area is 202 Å². The monoisotopic (exact) mass is 478 g/mol. The number of aromatic carboxylic acids is 1. The van der Waals surface area contributed by atoms with Gasteiger partial charge in [-0.2, -0.15) is 0 Å². The van der Waals surface area contributed by atoms with Crippen molar-refractivity contribution in [2.45, 2.75) is 25.0 Å². The standard InChI is InChI=1S/C26H26N2O7/c29-22(16-34-23-3-1-2-21(13-23)28(32)33)14-27-15-24-10-8-20-12-19(9-11-25(20)35-24)17-4-6-18(7-5-17)26(30)31/h1-7,9,11-13,22,24,27,29H,8,10,14-16H2,(H,30,31). The molecule has 9 heteroatoms. The van der Waals surface area contributed by atoms with E-state index in [0.29, 0.717) is 18.8 Å². The molecule has 3 aromatic carbocycles. The molecule has 3 N–H and O–H groups in total. The molecular weight excluding hydrogens is 452 g/mol. The molecule has 35 heavy (non-hydrogen) atoms. The summed E-state index contributed by atoms with van der Waals surface area (Å²) in [5.74, 6) is 0.212. The lowest BCUT2D eigenvalue weighted by Crippen LogP contribution is -2.39. The van der Waals surface area contributed by atoms with Crippen LogP contribution in [0.4, 0.5) is 5.69 Å². The minimum absolute atomic E-state index is 0.0126. The zero-order chi connectivity index (χ0) is 24.8. The van der Waals surface area contributed by atoms with Crippen LogP contribution < -0.4 is 14.8 Å². The summed E-state index contributed by atoms with van der Waals surface area (Å²) in [5, 5.41) is 33.3. The van der Waals surface area contributed by atoms with Gasteiger partial charge in [0, 0.05) is 19.2 Å². The zero-order valence-corrected chi connectivity index (χ0v) is 18.9. The molecule has 2 unspecified atom stereocenters. The summed E-state index contributed by atoms with van der Waals surface area (Å²) in [6.07, 6.45) is 0.858. The van der Waals surface area contributed by atoms with E-state index in [9.17, 15) is 20.0 Å². The van der Waals surface area contributed by atoms with Crippen molar-refractivity contribution < 1.29 is 29.4 Å². The molecule has 3 aromatic rings. The van der Waals surface area contributed by atoms with Crippen LogP contribution in [-0.2, 0) is 6.42 Å². The molecule has 0 radical (unpaired) electrons. The molecule has 0 spiro atoms. The Balaban J connectivity index is 1.23. The number of aliphatic hydroxyl groups is 1. The van der Waals surface area contributed by atoms with E-state index < -0.39 is 17.0 Å². The summed E-state index contributed by atoms with van der Waals surface area (Å²) >= 11 is 0. The Morgan fingerprint density at radius 1 is 1.14 bits per heavy atom. The van der Waals surface area contributed by atoms with Crippen molar-refractivity contribution in [2.75, 3.05) is 19.7 Å². The number of nitro groups is 1. The molecule has 9 nitrogen and oxygen atoms in total. The van der Waals surface area contributed by atoms with Crippen molar-refractivity contribution in [2.24, 2.45) is 0 Å². The SMILES string of the molecule is O=C(O)c1ccc(-c2ccc3c(c2)CCC(CNCC(O)COc2cccc([N+](=O)[O-])c2)O3)cc1. The van der Waals surface area contributed by atoms with Gasteiger partial charge in [-0.3, -0.25) is 10.1 Å². The summed E-state index contributed by atoms with van der Waals surface area (Å²) in [4.78, 5) is 21.4. The number of non-ortho nitro benzene ring substituents is 1. The number of hydrogen-bond acceptors (Lipinski definition) is 7. The number of carboxylic acids is 1. The van der Waals surface area contributed by atoms with Crippen LogP contribution in [0.5, 0.6) is 11.5 Å². The van der Waals surface area contributed by atoms with Crippen molar-refractivity contribution in [3.05, 3.63) is 88.0 Å². The van der Waals surface area contributed by atoms with E-state index in [0.717, 1.165) is 35.3 Å². The number of hydrogen-bond donors (Lipinski definition) is 3. The summed E-state index contributed by atoms with van der Waals surface area (Å²) < 4.78 is 11.6. The molecule has 2 atom stereocenters. The molecule has 4 rings (SSSR count). The van der Waals surface area contributed by atoms with Crippen molar-refractivity contribution in [1.29, 1.82) is 0 Å². The molecular formula is C26H26N2O7. The highest BCUT2D eigenvalue weighted by atomic mass is 16.6. The van der Waals surface area contributed by atoms with Gasteiger partial charge in [0.05, 0.1) is 16.6 Å². The van der Waals surface area contributed by atoms with Gasteiger partial charge in [-0.15, -0.1) is 0 Å². The first-order valence-corrected chi connectivity index (χ1v) is 11.3. The van der Waals surface area contributed by atoms with Crippen LogP contribution in [0.2, 0.25) is 0 Å². The minimum atomic E-state index is -0.947. The third-order valence-electron chi connectivity index (χ3n) is 5.78. The molecule has 0 aromatic heterocycles. The van der Waals surface area contributed by atoms with Gasteiger partial charge in [-0.25, -0.2) is 4.79 Å². The fraction of sp³-hybridized carbons (Fsp3) is 0.269. The molecule has 182 valence electrons. The van der Waals surface area contributed by atoms with Crippen molar-refractivity contribution in [3.8, 4) is 22.6 Å². The Kier molecular flexibility index (Phi) is 7.59. The Morgan fingerprint density at radius 3 is 2.66 bits per heavy atom. The lowest BCUT2D eigenvalue weighted by atomic mass is 9.96. The smallest absolute Gasteiger partial charge is 0.335 e. The third kappa shape index (κ3) is 6.34. The van der Waals surface area contributed by atoms with Gasteiger partial charge in [-0.05, 0) is 59.9 Å². The first-order valence-electron chi connectivity index (χ1n) is 11.3. The number of nitro benzene ring substituents is 1. The zero-order valence-electron chi connectivity index (χ0n) is 18.9. The second-order valence-electron chi connectivity index (χ2n) is 8.36. The van der Waals surface area contributed by atoms with E-state index in [2.05, 4.69) is 11.4 Å². The summed E-state index contributed by atoms with van der Waals surface area (Å²) in [5.41, 5.74) is 3.25. The largest absolute Gasteiger partial charge is 0.491 e. The molecule has 0 saturated heterocycles. The summed E-state index contributed by atoms with van der Waals surface area (Å²) in [7, 11) is 0. The van der Waals surface area contributed by atoms with Gasteiger partial charge in [0.2, 0.25) is 0 Å². The van der Waals surface area contributed by atoms with Crippen LogP contribution in [0.25, 0.3) is 11.1 Å². The van der Waals surface area contributed by atoms with Crippen LogP contribution in [0.1, 0.15) is 22.3 Å². The van der Waals surface area contributed by atoms with Gasteiger partial charge in [0.15, 0.2) is 0 Å². The van der Waals surface area contributed by atoms with E-state index in [4.69, 9.17) is 14.6 Å².